The Kier molecular flexibility index (Phi) is 2.91. The van der Waals surface area contributed by atoms with Crippen LogP contribution in [0.5, 0.6) is 0 Å². The van der Waals surface area contributed by atoms with Crippen LogP contribution in [0.1, 0.15) is 24.5 Å². The van der Waals surface area contributed by atoms with E-state index in [1.807, 2.05) is 13.0 Å². The lowest BCUT2D eigenvalue weighted by Crippen LogP contribution is -2.34. The summed E-state index contributed by atoms with van der Waals surface area (Å²) in [6, 6.07) is 6.93. The molecule has 0 bridgehead atoms. The molecule has 0 saturated carbocycles. The smallest absolute Gasteiger partial charge is 0.340 e. The molecular weight excluding hydrogens is 180 g/mol. The van der Waals surface area contributed by atoms with Crippen LogP contribution < -0.4 is 0 Å². The standard InChI is InChI=1S/C11H14O3/c1-3-11(14,10(12)13)9-6-4-5-8(2)7-9/h4-7,14H,3H2,1-2H3,(H,12,13). The molecule has 0 heterocycles. The number of aliphatic hydroxyl groups is 1. The lowest BCUT2D eigenvalue weighted by molar-refractivity contribution is -0.160. The van der Waals surface area contributed by atoms with E-state index < -0.39 is 11.6 Å². The van der Waals surface area contributed by atoms with Gasteiger partial charge in [-0.2, -0.15) is 0 Å². The van der Waals surface area contributed by atoms with Crippen molar-refractivity contribution >= 4 is 5.97 Å². The highest BCUT2D eigenvalue weighted by Crippen LogP contribution is 2.25. The second-order valence-corrected chi connectivity index (χ2v) is 3.39. The Morgan fingerprint density at radius 1 is 1.50 bits per heavy atom. The highest BCUT2D eigenvalue weighted by atomic mass is 16.4. The van der Waals surface area contributed by atoms with E-state index in [-0.39, 0.29) is 6.42 Å². The van der Waals surface area contributed by atoms with Crippen molar-refractivity contribution in [2.45, 2.75) is 25.9 Å². The number of carboxylic acid groups (broad SMARTS) is 1. The first kappa shape index (κ1) is 10.7. The Bertz CT molecular complexity index is 346. The average molecular weight is 194 g/mol. The van der Waals surface area contributed by atoms with Crippen LogP contribution in [0, 0.1) is 6.92 Å². The summed E-state index contributed by atoms with van der Waals surface area (Å²) >= 11 is 0. The zero-order chi connectivity index (χ0) is 10.8. The van der Waals surface area contributed by atoms with E-state index in [1.165, 1.54) is 0 Å². The topological polar surface area (TPSA) is 57.5 Å². The summed E-state index contributed by atoms with van der Waals surface area (Å²) in [7, 11) is 0. The molecule has 0 aliphatic carbocycles. The van der Waals surface area contributed by atoms with E-state index in [4.69, 9.17) is 5.11 Å². The molecule has 0 aliphatic rings. The molecule has 0 aromatic heterocycles. The van der Waals surface area contributed by atoms with Crippen molar-refractivity contribution in [1.82, 2.24) is 0 Å². The molecule has 76 valence electrons. The molecule has 1 aromatic carbocycles. The van der Waals surface area contributed by atoms with Crippen LogP contribution in [0.15, 0.2) is 24.3 Å². The first-order chi connectivity index (χ1) is 6.50. The van der Waals surface area contributed by atoms with E-state index >= 15 is 0 Å². The molecule has 1 rings (SSSR count). The van der Waals surface area contributed by atoms with Crippen molar-refractivity contribution in [3.8, 4) is 0 Å². The van der Waals surface area contributed by atoms with Gasteiger partial charge in [0.15, 0.2) is 5.60 Å². The predicted octanol–water partition coefficient (Wildman–Crippen LogP) is 1.68. The average Bonchev–Trinajstić information content (AvgIpc) is 2.16. The number of aliphatic carboxylic acids is 1. The summed E-state index contributed by atoms with van der Waals surface area (Å²) in [6.45, 7) is 3.51. The highest BCUT2D eigenvalue weighted by Gasteiger charge is 2.35. The van der Waals surface area contributed by atoms with Gasteiger partial charge in [0, 0.05) is 0 Å². The van der Waals surface area contributed by atoms with E-state index in [2.05, 4.69) is 0 Å². The van der Waals surface area contributed by atoms with Gasteiger partial charge in [0.25, 0.3) is 0 Å². The molecule has 0 saturated heterocycles. The van der Waals surface area contributed by atoms with Gasteiger partial charge in [-0.1, -0.05) is 36.8 Å². The number of carbonyl (C=O) groups is 1. The van der Waals surface area contributed by atoms with E-state index in [0.29, 0.717) is 5.56 Å². The molecule has 1 unspecified atom stereocenters. The first-order valence-corrected chi connectivity index (χ1v) is 4.53. The maximum Gasteiger partial charge on any atom is 0.340 e. The maximum atomic E-state index is 10.9. The Labute approximate surface area is 83.0 Å². The SMILES string of the molecule is CCC(O)(C(=O)O)c1cccc(C)c1. The summed E-state index contributed by atoms with van der Waals surface area (Å²) in [6.07, 6.45) is 0.159. The number of rotatable bonds is 3. The van der Waals surface area contributed by atoms with Gasteiger partial charge in [0.2, 0.25) is 0 Å². The third-order valence-electron chi connectivity index (χ3n) is 2.36. The van der Waals surface area contributed by atoms with E-state index in [1.54, 1.807) is 25.1 Å². The Balaban J connectivity index is 3.19. The highest BCUT2D eigenvalue weighted by molar-refractivity contribution is 5.79. The van der Waals surface area contributed by atoms with Crippen LogP contribution >= 0.6 is 0 Å². The maximum absolute atomic E-state index is 10.9. The van der Waals surface area contributed by atoms with Crippen molar-refractivity contribution in [2.75, 3.05) is 0 Å². The fourth-order valence-corrected chi connectivity index (χ4v) is 1.38. The number of hydrogen-bond donors (Lipinski definition) is 2. The van der Waals surface area contributed by atoms with Gasteiger partial charge in [-0.25, -0.2) is 4.79 Å². The fraction of sp³-hybridized carbons (Fsp3) is 0.364. The van der Waals surface area contributed by atoms with Crippen LogP contribution in [0.3, 0.4) is 0 Å². The second-order valence-electron chi connectivity index (χ2n) is 3.39. The number of hydrogen-bond acceptors (Lipinski definition) is 2. The van der Waals surface area contributed by atoms with Crippen LogP contribution in [0.4, 0.5) is 0 Å². The van der Waals surface area contributed by atoms with Gasteiger partial charge >= 0.3 is 5.97 Å². The van der Waals surface area contributed by atoms with Gasteiger partial charge in [-0.3, -0.25) is 0 Å². The molecule has 0 radical (unpaired) electrons. The van der Waals surface area contributed by atoms with Gasteiger partial charge < -0.3 is 10.2 Å². The van der Waals surface area contributed by atoms with Crippen LogP contribution in [-0.4, -0.2) is 16.2 Å². The van der Waals surface area contributed by atoms with Crippen molar-refractivity contribution in [1.29, 1.82) is 0 Å². The van der Waals surface area contributed by atoms with Crippen LogP contribution in [0.25, 0.3) is 0 Å². The number of aryl methyl sites for hydroxylation is 1. The Morgan fingerprint density at radius 2 is 2.14 bits per heavy atom. The van der Waals surface area contributed by atoms with E-state index in [9.17, 15) is 9.90 Å². The summed E-state index contributed by atoms with van der Waals surface area (Å²) in [5, 5.41) is 18.8. The molecule has 0 amide bonds. The molecule has 3 nitrogen and oxygen atoms in total. The molecule has 3 heteroatoms. The molecule has 0 fully saturated rings. The Morgan fingerprint density at radius 3 is 2.57 bits per heavy atom. The Hall–Kier alpha value is -1.35. The fourth-order valence-electron chi connectivity index (χ4n) is 1.38. The van der Waals surface area contributed by atoms with Crippen molar-refractivity contribution in [3.05, 3.63) is 35.4 Å². The lowest BCUT2D eigenvalue weighted by atomic mass is 9.90. The first-order valence-electron chi connectivity index (χ1n) is 4.53. The molecule has 0 aliphatic heterocycles. The third-order valence-corrected chi connectivity index (χ3v) is 2.36. The van der Waals surface area contributed by atoms with Gasteiger partial charge in [-0.05, 0) is 18.9 Å². The zero-order valence-electron chi connectivity index (χ0n) is 8.32. The van der Waals surface area contributed by atoms with Crippen molar-refractivity contribution < 1.29 is 15.0 Å². The molecule has 14 heavy (non-hydrogen) atoms. The molecule has 1 aromatic rings. The van der Waals surface area contributed by atoms with Crippen LogP contribution in [-0.2, 0) is 10.4 Å². The summed E-state index contributed by atoms with van der Waals surface area (Å²) in [5.74, 6) is -1.20. The summed E-state index contributed by atoms with van der Waals surface area (Å²) in [4.78, 5) is 10.9. The molecule has 0 spiro atoms. The van der Waals surface area contributed by atoms with Gasteiger partial charge in [0.05, 0.1) is 0 Å². The molecular formula is C11H14O3. The van der Waals surface area contributed by atoms with Gasteiger partial charge in [0.1, 0.15) is 0 Å². The van der Waals surface area contributed by atoms with Gasteiger partial charge in [-0.15, -0.1) is 0 Å². The monoisotopic (exact) mass is 194 g/mol. The molecule has 2 N–H and O–H groups in total. The third kappa shape index (κ3) is 1.77. The minimum atomic E-state index is -1.76. The number of carboxylic acids is 1. The van der Waals surface area contributed by atoms with E-state index in [0.717, 1.165) is 5.56 Å². The normalized spacial score (nSPS) is 14.8. The minimum Gasteiger partial charge on any atom is -0.479 e. The largest absolute Gasteiger partial charge is 0.479 e. The molecule has 1 atom stereocenters. The summed E-state index contributed by atoms with van der Waals surface area (Å²) < 4.78 is 0. The van der Waals surface area contributed by atoms with Crippen molar-refractivity contribution in [3.63, 3.8) is 0 Å². The minimum absolute atomic E-state index is 0.159. The lowest BCUT2D eigenvalue weighted by Gasteiger charge is -2.22. The predicted molar refractivity (Wildman–Crippen MR) is 53.0 cm³/mol. The number of benzene rings is 1. The zero-order valence-corrected chi connectivity index (χ0v) is 8.32. The summed E-state index contributed by atoms with van der Waals surface area (Å²) in [5.41, 5.74) is -0.380. The van der Waals surface area contributed by atoms with Crippen molar-refractivity contribution in [2.24, 2.45) is 0 Å². The second kappa shape index (κ2) is 3.80. The quantitative estimate of drug-likeness (QED) is 0.769. The van der Waals surface area contributed by atoms with Crippen LogP contribution in [0.2, 0.25) is 0 Å².